The van der Waals surface area contributed by atoms with Gasteiger partial charge in [-0.05, 0) is 216 Å². The second kappa shape index (κ2) is 60.8. The SMILES string of the molecule is CCCC[N+](CC)(CCC)CCOC(=O)c1ccc2ccccc2c1.CCCC[N+](CC)(CCC)CCOC(=O)c1ccccc1.CCC[N+](CC)(CCC)CCOC(=O)c1ccc2ccccc2c1.CCC[N+](CC)(CCC)CCOC(=O)c1ccccc1.CC[N+](CC)(CC)CCOC(=O)c1ccc2ccccc2c1.C[N+](C)(C)CCOC(=O)c1ccc2ccccc2c1. The summed E-state index contributed by atoms with van der Waals surface area (Å²) in [6.07, 6.45) is 11.9. The number of likely N-dealkylation sites (N-methyl/N-ethyl adjacent to an activating group) is 6. The lowest BCUT2D eigenvalue weighted by atomic mass is 10.1. The van der Waals surface area contributed by atoms with E-state index in [9.17, 15) is 28.8 Å². The second-order valence-corrected chi connectivity index (χ2v) is 35.8. The van der Waals surface area contributed by atoms with E-state index < -0.39 is 0 Å². The molecule has 18 nitrogen and oxygen atoms in total. The number of quaternary nitrogens is 6. The lowest BCUT2D eigenvalue weighted by molar-refractivity contribution is -0.926. The summed E-state index contributed by atoms with van der Waals surface area (Å²) in [6, 6.07) is 73.4. The topological polar surface area (TPSA) is 158 Å². The summed E-state index contributed by atoms with van der Waals surface area (Å²) in [7, 11) is 6.22. The molecule has 10 aromatic rings. The van der Waals surface area contributed by atoms with E-state index in [1.165, 1.54) is 64.6 Å². The third-order valence-electron chi connectivity index (χ3n) is 25.8. The highest BCUT2D eigenvalue weighted by Crippen LogP contribution is 2.24. The maximum absolute atomic E-state index is 12.4. The Labute approximate surface area is 788 Å². The van der Waals surface area contributed by atoms with Crippen LogP contribution in [0.5, 0.6) is 0 Å². The molecule has 0 aliphatic rings. The highest BCUT2D eigenvalue weighted by Gasteiger charge is 2.29. The Bertz CT molecular complexity index is 4910. The van der Waals surface area contributed by atoms with Crippen LogP contribution in [0.4, 0.5) is 0 Å². The molecular formula is C113H166N6O12+6. The largest absolute Gasteiger partial charge is 0.456 e. The molecule has 0 bridgehead atoms. The van der Waals surface area contributed by atoms with Crippen molar-refractivity contribution in [3.63, 3.8) is 0 Å². The van der Waals surface area contributed by atoms with Gasteiger partial charge in [0.05, 0.1) is 153 Å². The first-order chi connectivity index (χ1) is 63.2. The van der Waals surface area contributed by atoms with E-state index in [0.717, 1.165) is 207 Å². The summed E-state index contributed by atoms with van der Waals surface area (Å²) in [4.78, 5) is 72.8. The monoisotopic (exact) mass is 1800 g/mol. The molecule has 2 unspecified atom stereocenters. The fraction of sp³-hybridized carbons (Fsp3) is 0.487. The Kier molecular flexibility index (Phi) is 51.7. The zero-order valence-electron chi connectivity index (χ0n) is 83.7. The van der Waals surface area contributed by atoms with Gasteiger partial charge in [-0.3, -0.25) is 0 Å². The summed E-state index contributed by atoms with van der Waals surface area (Å²) < 4.78 is 38.8. The third kappa shape index (κ3) is 38.9. The Balaban J connectivity index is 0.000000279. The first-order valence-corrected chi connectivity index (χ1v) is 49.4. The molecule has 714 valence electrons. The summed E-state index contributed by atoms with van der Waals surface area (Å²) >= 11 is 0. The van der Waals surface area contributed by atoms with Gasteiger partial charge in [-0.2, -0.15) is 0 Å². The number of fused-ring (bicyclic) bond motifs is 4. The smallest absolute Gasteiger partial charge is 0.338 e. The molecule has 0 amide bonds. The van der Waals surface area contributed by atoms with Gasteiger partial charge >= 0.3 is 35.8 Å². The van der Waals surface area contributed by atoms with Crippen molar-refractivity contribution in [3.8, 4) is 0 Å². The van der Waals surface area contributed by atoms with Crippen LogP contribution in [0.25, 0.3) is 43.1 Å². The normalized spacial score (nSPS) is 12.3. The van der Waals surface area contributed by atoms with Crippen LogP contribution in [0.1, 0.15) is 230 Å². The molecule has 0 saturated carbocycles. The molecule has 0 spiro atoms. The highest BCUT2D eigenvalue weighted by atomic mass is 16.6. The van der Waals surface area contributed by atoms with Crippen molar-refractivity contribution in [1.82, 2.24) is 0 Å². The molecule has 18 heteroatoms. The van der Waals surface area contributed by atoms with Gasteiger partial charge in [0.25, 0.3) is 0 Å². The van der Waals surface area contributed by atoms with Gasteiger partial charge in [0.1, 0.15) is 78.9 Å². The van der Waals surface area contributed by atoms with E-state index in [-0.39, 0.29) is 35.8 Å². The van der Waals surface area contributed by atoms with Crippen molar-refractivity contribution in [2.45, 2.75) is 168 Å². The van der Waals surface area contributed by atoms with Crippen molar-refractivity contribution in [2.24, 2.45) is 0 Å². The highest BCUT2D eigenvalue weighted by molar-refractivity contribution is 5.98. The van der Waals surface area contributed by atoms with Crippen LogP contribution in [0, 0.1) is 0 Å². The molecule has 0 heterocycles. The van der Waals surface area contributed by atoms with E-state index in [4.69, 9.17) is 28.4 Å². The fourth-order valence-electron chi connectivity index (χ4n) is 17.2. The number of hydrogen-bond donors (Lipinski definition) is 0. The number of esters is 6. The summed E-state index contributed by atoms with van der Waals surface area (Å²) in [5, 5.41) is 8.82. The van der Waals surface area contributed by atoms with E-state index >= 15 is 0 Å². The Morgan fingerprint density at radius 3 is 0.588 bits per heavy atom. The average Bonchev–Trinajstić information content (AvgIpc) is 0.838. The first kappa shape index (κ1) is 111. The number of rotatable bonds is 49. The van der Waals surface area contributed by atoms with Crippen LogP contribution >= 0.6 is 0 Å². The fourth-order valence-corrected chi connectivity index (χ4v) is 17.2. The van der Waals surface area contributed by atoms with Gasteiger partial charge in [-0.15, -0.1) is 0 Å². The zero-order chi connectivity index (χ0) is 95.8. The van der Waals surface area contributed by atoms with E-state index in [1.807, 2.05) is 200 Å². The van der Waals surface area contributed by atoms with Crippen LogP contribution in [-0.2, 0) is 28.4 Å². The summed E-state index contributed by atoms with van der Waals surface area (Å²) in [5.74, 6) is -1.34. The van der Waals surface area contributed by atoms with Crippen LogP contribution < -0.4 is 0 Å². The molecule has 0 N–H and O–H groups in total. The van der Waals surface area contributed by atoms with E-state index in [2.05, 4.69) is 131 Å². The van der Waals surface area contributed by atoms with Crippen molar-refractivity contribution in [2.75, 3.05) is 198 Å². The maximum atomic E-state index is 12.4. The van der Waals surface area contributed by atoms with Crippen LogP contribution in [0.15, 0.2) is 231 Å². The van der Waals surface area contributed by atoms with Crippen molar-refractivity contribution in [1.29, 1.82) is 0 Å². The number of hydrogen-bond acceptors (Lipinski definition) is 12. The van der Waals surface area contributed by atoms with Crippen LogP contribution in [0.3, 0.4) is 0 Å². The van der Waals surface area contributed by atoms with E-state index in [1.54, 1.807) is 24.3 Å². The zero-order valence-corrected chi connectivity index (χ0v) is 83.7. The van der Waals surface area contributed by atoms with Crippen LogP contribution in [0.2, 0.25) is 0 Å². The standard InChI is InChI=1S/C22H32NO2.C21H30NO2.C19H26NO2.C18H30NO2.C17H28NO2.C16H20NO2/c1-4-7-15-23(6-3,14-5-2)16-17-25-22(24)21-13-12-19-10-8-9-11-20(19)18-21;1-4-13-22(6-3,14-5-2)15-16-24-21(23)20-12-11-18-9-7-8-10-19(18)17-20;1-4-20(5-2,6-3)13-14-22-19(21)18-12-11-16-9-7-8-10-17(16)15-18;1-4-7-14-19(6-3,13-5-2)15-16-21-18(20)17-11-9-8-10-12-17;1-4-12-18(6-3,13-5-2)14-15-20-17(19)16-10-8-7-9-11-16;1-17(2,3)10-11-19-16(18)15-9-8-13-6-4-5-7-14(13)12-15/h8-13,18H,4-7,14-17H2,1-3H3;7-12,17H,4-6,13-16H2,1-3H3;7-12,15H,4-6,13-14H2,1-3H3;8-12H,4-7,13-16H2,1-3H3;7-11H,4-6,12-15H2,1-3H3;4-9,12H,10-11H2,1-3H3/q6*+1. The first-order valence-electron chi connectivity index (χ1n) is 49.4. The molecule has 0 saturated heterocycles. The van der Waals surface area contributed by atoms with Gasteiger partial charge in [-0.1, -0.05) is 226 Å². The van der Waals surface area contributed by atoms with Crippen molar-refractivity contribution >= 4 is 78.9 Å². The lowest BCUT2D eigenvalue weighted by Gasteiger charge is -2.37. The molecular weight excluding hydrogens is 1630 g/mol. The second-order valence-electron chi connectivity index (χ2n) is 35.8. The predicted octanol–water partition coefficient (Wildman–Crippen LogP) is 23.7. The molecule has 0 aliphatic carbocycles. The summed E-state index contributed by atoms with van der Waals surface area (Å²) in [5.41, 5.74) is 3.78. The number of unbranched alkanes of at least 4 members (excludes halogenated alkanes) is 2. The molecule has 2 atom stereocenters. The molecule has 10 aromatic carbocycles. The van der Waals surface area contributed by atoms with Gasteiger partial charge in [0.15, 0.2) is 0 Å². The average molecular weight is 1800 g/mol. The molecule has 0 fully saturated rings. The number of benzene rings is 10. The lowest BCUT2D eigenvalue weighted by Crippen LogP contribution is -2.51. The minimum atomic E-state index is -0.251. The Hall–Kier alpha value is -10.2. The maximum Gasteiger partial charge on any atom is 0.338 e. The third-order valence-corrected chi connectivity index (χ3v) is 25.8. The summed E-state index contributed by atoms with van der Waals surface area (Å²) in [6.45, 7) is 58.4. The number of carbonyl (C=O) groups excluding carboxylic acids is 6. The van der Waals surface area contributed by atoms with Gasteiger partial charge < -0.3 is 55.3 Å². The minimum absolute atomic E-state index is 0.211. The number of nitrogens with zero attached hydrogens (tertiary/aromatic N) is 6. The molecule has 0 radical (unpaired) electrons. The Morgan fingerprint density at radius 2 is 0.382 bits per heavy atom. The van der Waals surface area contributed by atoms with Crippen molar-refractivity contribution < 1.29 is 84.1 Å². The Morgan fingerprint density at radius 1 is 0.191 bits per heavy atom. The number of carbonyl (C=O) groups is 6. The molecule has 0 aliphatic heterocycles. The van der Waals surface area contributed by atoms with Gasteiger partial charge in [0.2, 0.25) is 0 Å². The van der Waals surface area contributed by atoms with E-state index in [0.29, 0.717) is 73.0 Å². The van der Waals surface area contributed by atoms with Gasteiger partial charge in [0, 0.05) is 0 Å². The molecule has 131 heavy (non-hydrogen) atoms. The molecule has 10 rings (SSSR count). The van der Waals surface area contributed by atoms with Gasteiger partial charge in [-0.25, -0.2) is 28.8 Å². The quantitative estimate of drug-likeness (QED) is 0.0202. The van der Waals surface area contributed by atoms with Crippen molar-refractivity contribution in [3.05, 3.63) is 264 Å². The minimum Gasteiger partial charge on any atom is -0.456 e. The van der Waals surface area contributed by atoms with Crippen LogP contribution in [-0.4, -0.2) is 261 Å². The number of ether oxygens (including phenoxy) is 6. The predicted molar refractivity (Wildman–Crippen MR) is 543 cm³/mol. The molecule has 0 aromatic heterocycles.